The smallest absolute Gasteiger partial charge is 0.460 e. The Morgan fingerprint density at radius 2 is 1.19 bits per heavy atom. The van der Waals surface area contributed by atoms with Crippen LogP contribution in [0, 0.1) is 0 Å². The Morgan fingerprint density at radius 3 is 1.60 bits per heavy atom. The van der Waals surface area contributed by atoms with Crippen molar-refractivity contribution in [3.63, 3.8) is 0 Å². The van der Waals surface area contributed by atoms with Gasteiger partial charge in [0.1, 0.15) is 18.8 Å². The molecule has 14 nitrogen and oxygen atoms in total. The van der Waals surface area contributed by atoms with Gasteiger partial charge >= 0.3 is 83.3 Å². The third-order valence-corrected chi connectivity index (χ3v) is 7.64. The molecule has 0 amide bonds. The molecule has 58 heavy (non-hydrogen) atoms. The number of alkyl halides is 15. The van der Waals surface area contributed by atoms with Crippen molar-refractivity contribution in [2.45, 2.75) is 125 Å². The van der Waals surface area contributed by atoms with Gasteiger partial charge in [0.15, 0.2) is 12.2 Å². The summed E-state index contributed by atoms with van der Waals surface area (Å²) in [6.07, 6.45) is -20.2. The van der Waals surface area contributed by atoms with Crippen molar-refractivity contribution in [3.8, 4) is 0 Å². The quantitative estimate of drug-likeness (QED) is 0.117. The Balaban J connectivity index is 4.16. The number of rotatable bonds is 18. The molecule has 1 unspecified atom stereocenters. The van der Waals surface area contributed by atoms with Crippen LogP contribution >= 0.6 is 0 Å². The lowest BCUT2D eigenvalue weighted by Crippen LogP contribution is -2.74. The number of halogens is 15. The maximum Gasteiger partial charge on any atom is 0.460 e. The molecule has 1 fully saturated rings. The van der Waals surface area contributed by atoms with Crippen molar-refractivity contribution in [2.24, 2.45) is 0 Å². The van der Waals surface area contributed by atoms with E-state index in [0.717, 1.165) is 13.8 Å². The standard InChI is InChI=1S/C29H32F15NO13/c1-7-17(50)57-22(21(51)52-6)8-15(54-12(3)47)18(20(58-22)19(56-14(5)49)16(55-13(4)48)9-53-11(2)46)45-10-23(30,31)24(32,33)25(34,35)26(36,37)27(38,39)28(40,41)29(42,43)44/h15-16,18-20,45H,7-10H2,1-6H3/t15-,16+,18+,19-,20?,22-/m0/s1. The van der Waals surface area contributed by atoms with Gasteiger partial charge in [0, 0.05) is 34.1 Å². The molecule has 336 valence electrons. The van der Waals surface area contributed by atoms with Crippen LogP contribution in [0.2, 0.25) is 0 Å². The first-order valence-corrected chi connectivity index (χ1v) is 15.6. The van der Waals surface area contributed by atoms with Crippen molar-refractivity contribution < 1.29 is 128 Å². The number of methoxy groups -OCH3 is 1. The van der Waals surface area contributed by atoms with Gasteiger partial charge in [-0.1, -0.05) is 6.92 Å². The summed E-state index contributed by atoms with van der Waals surface area (Å²) in [5, 5.41) is 1.22. The van der Waals surface area contributed by atoms with Crippen molar-refractivity contribution in [3.05, 3.63) is 0 Å². The summed E-state index contributed by atoms with van der Waals surface area (Å²) in [5.74, 6) is -61.1. The highest BCUT2D eigenvalue weighted by molar-refractivity contribution is 5.82. The topological polar surface area (TPSA) is 179 Å². The van der Waals surface area contributed by atoms with Crippen molar-refractivity contribution in [2.75, 3.05) is 20.3 Å². The van der Waals surface area contributed by atoms with Gasteiger partial charge in [-0.3, -0.25) is 24.0 Å². The lowest BCUT2D eigenvalue weighted by atomic mass is 9.87. The van der Waals surface area contributed by atoms with Crippen LogP contribution < -0.4 is 5.32 Å². The fraction of sp³-hybridized carbons (Fsp3) is 0.793. The summed E-state index contributed by atoms with van der Waals surface area (Å²) in [7, 11) is 0.589. The Morgan fingerprint density at radius 1 is 0.707 bits per heavy atom. The molecule has 0 aromatic heterocycles. The second kappa shape index (κ2) is 17.9. The van der Waals surface area contributed by atoms with Crippen molar-refractivity contribution >= 4 is 35.8 Å². The molecule has 1 aliphatic heterocycles. The molecule has 0 aromatic carbocycles. The second-order valence-corrected chi connectivity index (χ2v) is 12.0. The van der Waals surface area contributed by atoms with Gasteiger partial charge in [0.05, 0.1) is 26.1 Å². The Hall–Kier alpha value is -4.31. The van der Waals surface area contributed by atoms with Crippen LogP contribution in [0.1, 0.15) is 47.5 Å². The molecule has 0 radical (unpaired) electrons. The summed E-state index contributed by atoms with van der Waals surface area (Å²) in [6, 6.07) is -2.77. The molecule has 0 aromatic rings. The fourth-order valence-corrected chi connectivity index (χ4v) is 4.95. The largest absolute Gasteiger partial charge is 0.464 e. The molecule has 0 bridgehead atoms. The van der Waals surface area contributed by atoms with Gasteiger partial charge in [0.25, 0.3) is 0 Å². The molecule has 1 aliphatic rings. The highest BCUT2D eigenvalue weighted by Crippen LogP contribution is 2.62. The van der Waals surface area contributed by atoms with E-state index in [9.17, 15) is 85.8 Å². The van der Waals surface area contributed by atoms with E-state index in [2.05, 4.69) is 9.47 Å². The van der Waals surface area contributed by atoms with Crippen molar-refractivity contribution in [1.29, 1.82) is 0 Å². The predicted octanol–water partition coefficient (Wildman–Crippen LogP) is 4.29. The van der Waals surface area contributed by atoms with Crippen LogP contribution in [0.4, 0.5) is 65.9 Å². The first-order valence-electron chi connectivity index (χ1n) is 15.6. The SMILES string of the molecule is CCC(=O)O[C@@]1(C(=O)OC)C[C@H](OC(C)=O)[C@@H](NCC(F)(F)C(F)(F)C(F)(F)C(F)(F)C(F)(F)C(F)(F)C(F)(F)F)C([C@@H](OC(C)=O)[C@@H](COC(C)=O)OC(C)=O)O1. The van der Waals surface area contributed by atoms with E-state index in [-0.39, 0.29) is 0 Å². The minimum absolute atomic E-state index is 0.521. The van der Waals surface area contributed by atoms with Gasteiger partial charge in [-0.25, -0.2) is 4.79 Å². The minimum Gasteiger partial charge on any atom is -0.464 e. The van der Waals surface area contributed by atoms with Crippen LogP contribution in [0.15, 0.2) is 0 Å². The maximum atomic E-state index is 15.1. The van der Waals surface area contributed by atoms with E-state index in [0.29, 0.717) is 27.9 Å². The monoisotopic (exact) mass is 887 g/mol. The highest BCUT2D eigenvalue weighted by atomic mass is 19.4. The lowest BCUT2D eigenvalue weighted by Gasteiger charge is -2.48. The van der Waals surface area contributed by atoms with Crippen LogP contribution in [-0.2, 0) is 61.9 Å². The average Bonchev–Trinajstić information content (AvgIpc) is 3.06. The molecule has 0 spiro atoms. The number of esters is 6. The molecule has 1 N–H and O–H groups in total. The predicted molar refractivity (Wildman–Crippen MR) is 151 cm³/mol. The molecule has 0 saturated carbocycles. The van der Waals surface area contributed by atoms with E-state index in [1.54, 1.807) is 0 Å². The Labute approximate surface area is 315 Å². The number of carbonyl (C=O) groups is 6. The summed E-state index contributed by atoms with van der Waals surface area (Å²) >= 11 is 0. The fourth-order valence-electron chi connectivity index (χ4n) is 4.95. The van der Waals surface area contributed by atoms with Gasteiger partial charge in [0.2, 0.25) is 0 Å². The molecule has 6 atom stereocenters. The zero-order valence-electron chi connectivity index (χ0n) is 30.2. The summed E-state index contributed by atoms with van der Waals surface area (Å²) in [5.41, 5.74) is 0. The minimum atomic E-state index is -8.64. The molecule has 1 saturated heterocycles. The number of hydrogen-bond acceptors (Lipinski definition) is 14. The molecule has 1 heterocycles. The van der Waals surface area contributed by atoms with E-state index >= 15 is 8.78 Å². The Bertz CT molecular complexity index is 1540. The third kappa shape index (κ3) is 10.3. The van der Waals surface area contributed by atoms with Gasteiger partial charge in [-0.05, 0) is 0 Å². The average molecular weight is 888 g/mol. The normalized spacial score (nSPS) is 22.2. The molecular weight excluding hydrogens is 855 g/mol. The number of carbonyl (C=O) groups excluding carboxylic acids is 6. The second-order valence-electron chi connectivity index (χ2n) is 12.0. The number of nitrogens with one attached hydrogen (secondary N) is 1. The number of ether oxygens (including phenoxy) is 7. The van der Waals surface area contributed by atoms with E-state index < -0.39 is 140 Å². The summed E-state index contributed by atoms with van der Waals surface area (Å²) in [6.45, 7) is -1.00. The lowest BCUT2D eigenvalue weighted by molar-refractivity contribution is -0.452. The molecular formula is C29H32F15NO13. The summed E-state index contributed by atoms with van der Waals surface area (Å²) < 4.78 is 243. The third-order valence-electron chi connectivity index (χ3n) is 7.64. The summed E-state index contributed by atoms with van der Waals surface area (Å²) in [4.78, 5) is 73.6. The van der Waals surface area contributed by atoms with Crippen molar-refractivity contribution in [1.82, 2.24) is 5.32 Å². The first kappa shape index (κ1) is 51.7. The van der Waals surface area contributed by atoms with Crippen LogP contribution in [0.3, 0.4) is 0 Å². The molecule has 0 aliphatic carbocycles. The Kier molecular flexibility index (Phi) is 16.0. The van der Waals surface area contributed by atoms with Gasteiger partial charge < -0.3 is 38.5 Å². The van der Waals surface area contributed by atoms with Crippen LogP contribution in [-0.4, -0.2) is 134 Å². The van der Waals surface area contributed by atoms with E-state index in [4.69, 9.17) is 23.7 Å². The van der Waals surface area contributed by atoms with Gasteiger partial charge in [-0.15, -0.1) is 0 Å². The van der Waals surface area contributed by atoms with Gasteiger partial charge in [-0.2, -0.15) is 65.9 Å². The molecule has 29 heteroatoms. The van der Waals surface area contributed by atoms with E-state index in [1.165, 1.54) is 5.32 Å². The zero-order chi connectivity index (χ0) is 45.8. The molecule has 1 rings (SSSR count). The van der Waals surface area contributed by atoms with Crippen LogP contribution in [0.25, 0.3) is 0 Å². The van der Waals surface area contributed by atoms with E-state index in [1.807, 2.05) is 0 Å². The van der Waals surface area contributed by atoms with Crippen LogP contribution in [0.5, 0.6) is 0 Å². The first-order chi connectivity index (χ1) is 25.9. The maximum absolute atomic E-state index is 15.1. The number of hydrogen-bond donors (Lipinski definition) is 1. The zero-order valence-corrected chi connectivity index (χ0v) is 30.2. The highest BCUT2D eigenvalue weighted by Gasteiger charge is 2.93.